The van der Waals surface area contributed by atoms with E-state index in [1.165, 1.54) is 0 Å². The fourth-order valence-corrected chi connectivity index (χ4v) is 3.67. The SMILES string of the molecule is CCC(Oc1cccc2c(Oc3c(Cl)cc(C(F)(F)F)c(Cl)c3Cl)cccc12)C(=O)O. The van der Waals surface area contributed by atoms with Crippen molar-refractivity contribution in [3.05, 3.63) is 63.1 Å². The van der Waals surface area contributed by atoms with Gasteiger partial charge in [0, 0.05) is 10.8 Å². The van der Waals surface area contributed by atoms with Crippen LogP contribution in [-0.2, 0) is 11.0 Å². The summed E-state index contributed by atoms with van der Waals surface area (Å²) in [5.41, 5.74) is -1.18. The van der Waals surface area contributed by atoms with Crippen molar-refractivity contribution in [2.75, 3.05) is 0 Å². The molecule has 0 aromatic heterocycles. The Morgan fingerprint density at radius 1 is 1.03 bits per heavy atom. The van der Waals surface area contributed by atoms with Crippen molar-refractivity contribution >= 4 is 51.5 Å². The standard InChI is InChI=1S/C21H14Cl3F3O4/c1-2-14(20(28)29)30-15-7-3-6-11-10(15)5-4-8-16(11)31-19-13(22)9-12(21(25,26)27)17(23)18(19)24/h3-9,14H,2H2,1H3,(H,28,29). The van der Waals surface area contributed by atoms with Crippen LogP contribution in [0.2, 0.25) is 15.1 Å². The average Bonchev–Trinajstić information content (AvgIpc) is 2.71. The first-order chi connectivity index (χ1) is 14.5. The fraction of sp³-hybridized carbons (Fsp3) is 0.190. The van der Waals surface area contributed by atoms with Crippen LogP contribution < -0.4 is 9.47 Å². The zero-order chi connectivity index (χ0) is 22.9. The maximum atomic E-state index is 13.1. The molecule has 3 rings (SSSR count). The van der Waals surface area contributed by atoms with E-state index < -0.39 is 33.9 Å². The first kappa shape index (κ1) is 23.3. The molecule has 0 spiro atoms. The molecule has 0 amide bonds. The summed E-state index contributed by atoms with van der Waals surface area (Å²) < 4.78 is 50.7. The minimum Gasteiger partial charge on any atom is -0.479 e. The number of carboxylic acids is 1. The Balaban J connectivity index is 2.07. The van der Waals surface area contributed by atoms with E-state index in [1.54, 1.807) is 43.3 Å². The van der Waals surface area contributed by atoms with Gasteiger partial charge < -0.3 is 14.6 Å². The first-order valence-corrected chi connectivity index (χ1v) is 10.0. The highest BCUT2D eigenvalue weighted by atomic mass is 35.5. The lowest BCUT2D eigenvalue weighted by molar-refractivity contribution is -0.145. The number of alkyl halides is 3. The smallest absolute Gasteiger partial charge is 0.417 e. The Hall–Kier alpha value is -2.35. The Labute approximate surface area is 190 Å². The summed E-state index contributed by atoms with van der Waals surface area (Å²) in [5.74, 6) is -0.826. The maximum absolute atomic E-state index is 13.1. The van der Waals surface area contributed by atoms with Gasteiger partial charge in [-0.25, -0.2) is 4.79 Å². The zero-order valence-corrected chi connectivity index (χ0v) is 18.0. The lowest BCUT2D eigenvalue weighted by atomic mass is 10.1. The van der Waals surface area contributed by atoms with Crippen LogP contribution in [0.5, 0.6) is 17.2 Å². The number of halogens is 6. The van der Waals surface area contributed by atoms with E-state index in [4.69, 9.17) is 44.3 Å². The zero-order valence-electron chi connectivity index (χ0n) is 15.8. The molecule has 1 atom stereocenters. The van der Waals surface area contributed by atoms with Gasteiger partial charge in [-0.05, 0) is 24.6 Å². The first-order valence-electron chi connectivity index (χ1n) is 8.88. The van der Waals surface area contributed by atoms with Gasteiger partial charge in [0.1, 0.15) is 16.5 Å². The van der Waals surface area contributed by atoms with E-state index in [-0.39, 0.29) is 22.9 Å². The normalized spacial score (nSPS) is 12.6. The molecule has 3 aromatic rings. The molecule has 0 saturated heterocycles. The Morgan fingerprint density at radius 2 is 1.61 bits per heavy atom. The molecule has 0 aliphatic heterocycles. The number of hydrogen-bond acceptors (Lipinski definition) is 3. The second-order valence-corrected chi connectivity index (χ2v) is 7.59. The molecule has 0 bridgehead atoms. The van der Waals surface area contributed by atoms with Crippen LogP contribution in [0.1, 0.15) is 18.9 Å². The molecule has 0 saturated carbocycles. The summed E-state index contributed by atoms with van der Waals surface area (Å²) >= 11 is 17.8. The van der Waals surface area contributed by atoms with Crippen LogP contribution in [0.15, 0.2) is 42.5 Å². The van der Waals surface area contributed by atoms with Crippen LogP contribution in [-0.4, -0.2) is 17.2 Å². The lowest BCUT2D eigenvalue weighted by Crippen LogP contribution is -2.25. The molecule has 1 unspecified atom stereocenters. The molecule has 0 aliphatic carbocycles. The van der Waals surface area contributed by atoms with Crippen molar-refractivity contribution < 1.29 is 32.5 Å². The number of benzene rings is 3. The minimum atomic E-state index is -4.74. The quantitative estimate of drug-likeness (QED) is 0.355. The molecule has 0 heterocycles. The van der Waals surface area contributed by atoms with E-state index in [1.807, 2.05) is 0 Å². The van der Waals surface area contributed by atoms with Gasteiger partial charge in [-0.3, -0.25) is 0 Å². The van der Waals surface area contributed by atoms with E-state index in [0.717, 1.165) is 0 Å². The summed E-state index contributed by atoms with van der Waals surface area (Å²) in [6.07, 6.45) is -5.54. The third kappa shape index (κ3) is 4.79. The van der Waals surface area contributed by atoms with Crippen LogP contribution in [0, 0.1) is 0 Å². The van der Waals surface area contributed by atoms with Gasteiger partial charge in [-0.1, -0.05) is 66.0 Å². The number of hydrogen-bond donors (Lipinski definition) is 1. The van der Waals surface area contributed by atoms with Crippen LogP contribution in [0.25, 0.3) is 10.8 Å². The second-order valence-electron chi connectivity index (χ2n) is 6.42. The van der Waals surface area contributed by atoms with Crippen molar-refractivity contribution in [3.63, 3.8) is 0 Å². The highest BCUT2D eigenvalue weighted by molar-refractivity contribution is 6.45. The highest BCUT2D eigenvalue weighted by Gasteiger charge is 2.36. The van der Waals surface area contributed by atoms with Gasteiger partial charge in [0.25, 0.3) is 0 Å². The molecule has 0 aliphatic rings. The number of ether oxygens (including phenoxy) is 2. The summed E-state index contributed by atoms with van der Waals surface area (Å²) in [4.78, 5) is 11.3. The molecular weight excluding hydrogens is 480 g/mol. The van der Waals surface area contributed by atoms with Crippen molar-refractivity contribution in [1.29, 1.82) is 0 Å². The molecule has 31 heavy (non-hydrogen) atoms. The van der Waals surface area contributed by atoms with Gasteiger partial charge >= 0.3 is 12.1 Å². The van der Waals surface area contributed by atoms with Crippen LogP contribution >= 0.6 is 34.8 Å². The highest BCUT2D eigenvalue weighted by Crippen LogP contribution is 2.48. The molecule has 0 fully saturated rings. The van der Waals surface area contributed by atoms with E-state index in [2.05, 4.69) is 0 Å². The van der Waals surface area contributed by atoms with Gasteiger partial charge in [0.05, 0.1) is 15.6 Å². The number of rotatable bonds is 6. The third-order valence-corrected chi connectivity index (χ3v) is 5.52. The van der Waals surface area contributed by atoms with Crippen molar-refractivity contribution in [2.45, 2.75) is 25.6 Å². The van der Waals surface area contributed by atoms with Crippen LogP contribution in [0.4, 0.5) is 13.2 Å². The van der Waals surface area contributed by atoms with Gasteiger partial charge in [0.2, 0.25) is 0 Å². The van der Waals surface area contributed by atoms with Crippen molar-refractivity contribution in [3.8, 4) is 17.2 Å². The predicted molar refractivity (Wildman–Crippen MR) is 113 cm³/mol. The van der Waals surface area contributed by atoms with Crippen molar-refractivity contribution in [2.24, 2.45) is 0 Å². The topological polar surface area (TPSA) is 55.8 Å². The van der Waals surface area contributed by atoms with Gasteiger partial charge in [-0.2, -0.15) is 13.2 Å². The molecular formula is C21H14Cl3F3O4. The molecule has 1 N–H and O–H groups in total. The molecule has 0 radical (unpaired) electrons. The molecule has 10 heteroatoms. The minimum absolute atomic E-state index is 0.214. The Kier molecular flexibility index (Phi) is 6.79. The predicted octanol–water partition coefficient (Wildman–Crippen LogP) is 7.85. The molecule has 3 aromatic carbocycles. The third-order valence-electron chi connectivity index (χ3n) is 4.39. The maximum Gasteiger partial charge on any atom is 0.417 e. The average molecular weight is 494 g/mol. The summed E-state index contributed by atoms with van der Waals surface area (Å²) in [7, 11) is 0. The molecule has 164 valence electrons. The number of carboxylic acid groups (broad SMARTS) is 1. The molecule has 4 nitrogen and oxygen atoms in total. The number of carbonyl (C=O) groups is 1. The van der Waals surface area contributed by atoms with E-state index >= 15 is 0 Å². The Morgan fingerprint density at radius 3 is 2.16 bits per heavy atom. The largest absolute Gasteiger partial charge is 0.479 e. The second kappa shape index (κ2) is 9.02. The van der Waals surface area contributed by atoms with Crippen LogP contribution in [0.3, 0.4) is 0 Å². The van der Waals surface area contributed by atoms with Crippen molar-refractivity contribution in [1.82, 2.24) is 0 Å². The number of fused-ring (bicyclic) bond motifs is 1. The summed E-state index contributed by atoms with van der Waals surface area (Å²) in [6, 6.07) is 10.4. The summed E-state index contributed by atoms with van der Waals surface area (Å²) in [5, 5.41) is 8.70. The van der Waals surface area contributed by atoms with E-state index in [9.17, 15) is 23.1 Å². The number of aliphatic carboxylic acids is 1. The Bertz CT molecular complexity index is 1150. The lowest BCUT2D eigenvalue weighted by Gasteiger charge is -2.18. The monoisotopic (exact) mass is 492 g/mol. The fourth-order valence-electron chi connectivity index (χ4n) is 2.89. The van der Waals surface area contributed by atoms with E-state index in [0.29, 0.717) is 22.6 Å². The van der Waals surface area contributed by atoms with Gasteiger partial charge in [0.15, 0.2) is 11.9 Å². The van der Waals surface area contributed by atoms with Gasteiger partial charge in [-0.15, -0.1) is 0 Å². The summed E-state index contributed by atoms with van der Waals surface area (Å²) in [6.45, 7) is 1.68.